The Hall–Kier alpha value is -0.370. The minimum absolute atomic E-state index is 0.175. The predicted molar refractivity (Wildman–Crippen MR) is 60.2 cm³/mol. The first-order chi connectivity index (χ1) is 6.83. The van der Waals surface area contributed by atoms with Crippen LogP contribution in [0.1, 0.15) is 30.7 Å². The highest BCUT2D eigenvalue weighted by atomic mass is 79.9. The number of halogens is 2. The van der Waals surface area contributed by atoms with Gasteiger partial charge in [-0.05, 0) is 36.3 Å². The van der Waals surface area contributed by atoms with Crippen molar-refractivity contribution in [3.05, 3.63) is 34.3 Å². The van der Waals surface area contributed by atoms with Crippen LogP contribution in [0.2, 0.25) is 0 Å². The largest absolute Gasteiger partial charge is 0.251 e. The molecule has 0 bridgehead atoms. The lowest BCUT2D eigenvalue weighted by Gasteiger charge is -2.18. The molecule has 2 unspecified atom stereocenters. The van der Waals surface area contributed by atoms with Gasteiger partial charge in [0.05, 0.1) is 6.67 Å². The normalized spacial score (nSPS) is 26.7. The van der Waals surface area contributed by atoms with Crippen LogP contribution in [0.15, 0.2) is 28.7 Å². The minimum atomic E-state index is -0.175. The zero-order chi connectivity index (χ0) is 9.97. The van der Waals surface area contributed by atoms with E-state index >= 15 is 0 Å². The molecule has 0 amide bonds. The van der Waals surface area contributed by atoms with Gasteiger partial charge in [-0.2, -0.15) is 0 Å². The fourth-order valence-corrected chi connectivity index (χ4v) is 2.99. The summed E-state index contributed by atoms with van der Waals surface area (Å²) in [6.07, 6.45) is 3.35. The van der Waals surface area contributed by atoms with Crippen molar-refractivity contribution in [2.24, 2.45) is 5.92 Å². The summed E-state index contributed by atoms with van der Waals surface area (Å²) in [6.45, 7) is -0.175. The average molecular weight is 257 g/mol. The van der Waals surface area contributed by atoms with Crippen LogP contribution in [0.4, 0.5) is 4.39 Å². The third kappa shape index (κ3) is 1.85. The van der Waals surface area contributed by atoms with E-state index in [0.29, 0.717) is 5.92 Å². The predicted octanol–water partition coefficient (Wildman–Crippen LogP) is 4.30. The fourth-order valence-electron chi connectivity index (χ4n) is 2.41. The Bertz CT molecular complexity index is 311. The summed E-state index contributed by atoms with van der Waals surface area (Å²) in [6, 6.07) is 8.20. The summed E-state index contributed by atoms with van der Waals surface area (Å²) in [5.74, 6) is 0.671. The van der Waals surface area contributed by atoms with Crippen molar-refractivity contribution in [3.8, 4) is 0 Å². The second-order valence-corrected chi connectivity index (χ2v) is 4.83. The molecule has 1 aromatic carbocycles. The first kappa shape index (κ1) is 10.2. The molecule has 14 heavy (non-hydrogen) atoms. The maximum atomic E-state index is 12.8. The standard InChI is InChI=1S/C12H14BrF/c13-12-7-2-1-5-11(12)10-6-3-4-9(10)8-14/h1-2,5,7,9-10H,3-4,6,8H2. The number of hydrogen-bond acceptors (Lipinski definition) is 0. The molecule has 0 aromatic heterocycles. The molecule has 0 heterocycles. The van der Waals surface area contributed by atoms with Crippen LogP contribution in [0.5, 0.6) is 0 Å². The zero-order valence-corrected chi connectivity index (χ0v) is 9.63. The molecule has 1 aliphatic carbocycles. The third-order valence-corrected chi connectivity index (χ3v) is 3.88. The molecule has 0 nitrogen and oxygen atoms in total. The van der Waals surface area contributed by atoms with Crippen molar-refractivity contribution in [3.63, 3.8) is 0 Å². The summed E-state index contributed by atoms with van der Waals surface area (Å²) < 4.78 is 13.9. The number of hydrogen-bond donors (Lipinski definition) is 0. The molecule has 0 aliphatic heterocycles. The van der Waals surface area contributed by atoms with Crippen LogP contribution in [0.25, 0.3) is 0 Å². The van der Waals surface area contributed by atoms with Crippen molar-refractivity contribution in [2.75, 3.05) is 6.67 Å². The molecule has 2 rings (SSSR count). The second-order valence-electron chi connectivity index (χ2n) is 3.97. The van der Waals surface area contributed by atoms with E-state index in [-0.39, 0.29) is 12.6 Å². The Morgan fingerprint density at radius 3 is 2.79 bits per heavy atom. The van der Waals surface area contributed by atoms with Gasteiger partial charge in [-0.25, -0.2) is 0 Å². The van der Waals surface area contributed by atoms with E-state index in [0.717, 1.165) is 17.3 Å². The van der Waals surface area contributed by atoms with Crippen molar-refractivity contribution in [1.29, 1.82) is 0 Å². The monoisotopic (exact) mass is 256 g/mol. The van der Waals surface area contributed by atoms with E-state index in [9.17, 15) is 4.39 Å². The van der Waals surface area contributed by atoms with Crippen LogP contribution in [0, 0.1) is 5.92 Å². The van der Waals surface area contributed by atoms with E-state index in [1.54, 1.807) is 0 Å². The molecular weight excluding hydrogens is 243 g/mol. The highest BCUT2D eigenvalue weighted by Gasteiger charge is 2.29. The topological polar surface area (TPSA) is 0 Å². The molecular formula is C12H14BrF. The second kappa shape index (κ2) is 4.43. The zero-order valence-electron chi connectivity index (χ0n) is 8.05. The molecule has 76 valence electrons. The summed E-state index contributed by atoms with van der Waals surface area (Å²) in [4.78, 5) is 0. The lowest BCUT2D eigenvalue weighted by atomic mass is 9.90. The average Bonchev–Trinajstić information content (AvgIpc) is 2.66. The molecule has 0 radical (unpaired) electrons. The Balaban J connectivity index is 2.26. The van der Waals surface area contributed by atoms with E-state index < -0.39 is 0 Å². The van der Waals surface area contributed by atoms with Gasteiger partial charge in [-0.15, -0.1) is 0 Å². The molecule has 1 fully saturated rings. The van der Waals surface area contributed by atoms with Gasteiger partial charge in [0, 0.05) is 4.47 Å². The van der Waals surface area contributed by atoms with Crippen LogP contribution in [0.3, 0.4) is 0 Å². The summed E-state index contributed by atoms with van der Waals surface area (Å²) in [5, 5.41) is 0. The lowest BCUT2D eigenvalue weighted by molar-refractivity contribution is 0.341. The Labute approximate surface area is 92.6 Å². The molecule has 1 aliphatic rings. The van der Waals surface area contributed by atoms with Gasteiger partial charge in [0.2, 0.25) is 0 Å². The fraction of sp³-hybridized carbons (Fsp3) is 0.500. The van der Waals surface area contributed by atoms with Crippen LogP contribution in [-0.2, 0) is 0 Å². The van der Waals surface area contributed by atoms with Gasteiger partial charge in [-0.1, -0.05) is 40.5 Å². The molecule has 2 atom stereocenters. The summed E-state index contributed by atoms with van der Waals surface area (Å²) >= 11 is 3.54. The summed E-state index contributed by atoms with van der Waals surface area (Å²) in [7, 11) is 0. The molecule has 0 N–H and O–H groups in total. The van der Waals surface area contributed by atoms with Crippen molar-refractivity contribution < 1.29 is 4.39 Å². The van der Waals surface area contributed by atoms with Crippen molar-refractivity contribution in [1.82, 2.24) is 0 Å². The van der Waals surface area contributed by atoms with E-state index in [4.69, 9.17) is 0 Å². The Morgan fingerprint density at radius 2 is 2.07 bits per heavy atom. The van der Waals surface area contributed by atoms with Crippen LogP contribution >= 0.6 is 15.9 Å². The van der Waals surface area contributed by atoms with E-state index in [1.165, 1.54) is 12.0 Å². The number of benzene rings is 1. The van der Waals surface area contributed by atoms with Gasteiger partial charge in [0.15, 0.2) is 0 Å². The smallest absolute Gasteiger partial charge is 0.0928 e. The first-order valence-corrected chi connectivity index (χ1v) is 5.92. The number of alkyl halides is 1. The lowest BCUT2D eigenvalue weighted by Crippen LogP contribution is -2.08. The van der Waals surface area contributed by atoms with E-state index in [2.05, 4.69) is 22.0 Å². The minimum Gasteiger partial charge on any atom is -0.251 e. The van der Waals surface area contributed by atoms with E-state index in [1.807, 2.05) is 18.2 Å². The van der Waals surface area contributed by atoms with Crippen molar-refractivity contribution >= 4 is 15.9 Å². The van der Waals surface area contributed by atoms with Crippen LogP contribution in [-0.4, -0.2) is 6.67 Å². The van der Waals surface area contributed by atoms with Gasteiger partial charge >= 0.3 is 0 Å². The summed E-state index contributed by atoms with van der Waals surface area (Å²) in [5.41, 5.74) is 1.28. The first-order valence-electron chi connectivity index (χ1n) is 5.13. The quantitative estimate of drug-likeness (QED) is 0.740. The number of rotatable bonds is 2. The molecule has 1 aromatic rings. The maximum absolute atomic E-state index is 12.8. The van der Waals surface area contributed by atoms with Gasteiger partial charge in [-0.3, -0.25) is 4.39 Å². The Morgan fingerprint density at radius 1 is 1.29 bits per heavy atom. The van der Waals surface area contributed by atoms with Crippen molar-refractivity contribution in [2.45, 2.75) is 25.2 Å². The van der Waals surface area contributed by atoms with Crippen LogP contribution < -0.4 is 0 Å². The molecule has 2 heteroatoms. The van der Waals surface area contributed by atoms with Gasteiger partial charge in [0.1, 0.15) is 0 Å². The SMILES string of the molecule is FCC1CCCC1c1ccccc1Br. The van der Waals surface area contributed by atoms with Gasteiger partial charge in [0.25, 0.3) is 0 Å². The Kier molecular flexibility index (Phi) is 3.22. The maximum Gasteiger partial charge on any atom is 0.0928 e. The highest BCUT2D eigenvalue weighted by molar-refractivity contribution is 9.10. The molecule has 1 saturated carbocycles. The van der Waals surface area contributed by atoms with Gasteiger partial charge < -0.3 is 0 Å². The third-order valence-electron chi connectivity index (χ3n) is 3.16. The molecule has 0 saturated heterocycles. The molecule has 0 spiro atoms. The highest BCUT2D eigenvalue weighted by Crippen LogP contribution is 2.42.